The van der Waals surface area contributed by atoms with Gasteiger partial charge in [-0.15, -0.1) is 0 Å². The predicted octanol–water partition coefficient (Wildman–Crippen LogP) is 3.70. The molecule has 0 bridgehead atoms. The summed E-state index contributed by atoms with van der Waals surface area (Å²) in [6.45, 7) is 0. The molecular formula is C19H14O3S. The Hall–Kier alpha value is -2.59. The summed E-state index contributed by atoms with van der Waals surface area (Å²) in [5.41, 5.74) is 2.00. The number of fused-ring (bicyclic) bond motifs is 1. The Balaban J connectivity index is 2.17. The van der Waals surface area contributed by atoms with E-state index in [2.05, 4.69) is 0 Å². The molecule has 0 aromatic heterocycles. The van der Waals surface area contributed by atoms with Gasteiger partial charge in [0, 0.05) is 5.56 Å². The van der Waals surface area contributed by atoms with Gasteiger partial charge in [0.1, 0.15) is 5.75 Å². The second-order valence-electron chi connectivity index (χ2n) is 5.45. The topological polar surface area (TPSA) is 43.4 Å². The molecule has 1 aliphatic heterocycles. The molecule has 3 nitrogen and oxygen atoms in total. The lowest BCUT2D eigenvalue weighted by Crippen LogP contribution is -2.36. The molecule has 0 radical (unpaired) electrons. The van der Waals surface area contributed by atoms with Crippen molar-refractivity contribution in [3.05, 3.63) is 102 Å². The summed E-state index contributed by atoms with van der Waals surface area (Å²) in [4.78, 5) is 0. The average Bonchev–Trinajstić information content (AvgIpc) is 2.83. The first-order chi connectivity index (χ1) is 11.2. The summed E-state index contributed by atoms with van der Waals surface area (Å²) in [6, 6.07) is 25.6. The lowest BCUT2D eigenvalue weighted by molar-refractivity contribution is 0.488. The van der Waals surface area contributed by atoms with Crippen LogP contribution in [0.5, 0.6) is 5.75 Å². The summed E-state index contributed by atoms with van der Waals surface area (Å²) in [6.07, 6.45) is 0. The third-order valence-electron chi connectivity index (χ3n) is 4.20. The van der Waals surface area contributed by atoms with Gasteiger partial charge in [-0.2, -0.15) is 8.42 Å². The van der Waals surface area contributed by atoms with E-state index in [-0.39, 0.29) is 0 Å². The highest BCUT2D eigenvalue weighted by molar-refractivity contribution is 7.88. The molecule has 0 fully saturated rings. The second-order valence-corrected chi connectivity index (χ2v) is 7.13. The minimum atomic E-state index is -3.91. The maximum absolute atomic E-state index is 13.1. The molecular weight excluding hydrogens is 308 g/mol. The van der Waals surface area contributed by atoms with Crippen LogP contribution >= 0.6 is 0 Å². The fourth-order valence-corrected chi connectivity index (χ4v) is 5.05. The quantitative estimate of drug-likeness (QED) is 0.676. The summed E-state index contributed by atoms with van der Waals surface area (Å²) in [5, 5.41) is 0. The normalized spacial score (nSPS) is 17.2. The number of hydrogen-bond acceptors (Lipinski definition) is 3. The average molecular weight is 322 g/mol. The van der Waals surface area contributed by atoms with E-state index in [0.717, 1.165) is 0 Å². The number of rotatable bonds is 2. The first kappa shape index (κ1) is 14.0. The first-order valence-electron chi connectivity index (χ1n) is 7.31. The van der Waals surface area contributed by atoms with Crippen LogP contribution in [-0.2, 0) is 14.9 Å². The minimum absolute atomic E-state index is 0.389. The lowest BCUT2D eigenvalue weighted by atomic mass is 9.83. The number of para-hydroxylation sites is 1. The van der Waals surface area contributed by atoms with Gasteiger partial charge in [-0.1, -0.05) is 78.9 Å². The van der Waals surface area contributed by atoms with E-state index in [1.54, 1.807) is 12.1 Å². The molecule has 3 aromatic rings. The van der Waals surface area contributed by atoms with Crippen molar-refractivity contribution in [1.29, 1.82) is 0 Å². The standard InChI is InChI=1S/C19H14O3S/c20-23(21)19(15-9-3-1-4-10-15,16-11-5-2-6-12-16)17-13-7-8-14-18(17)22-23/h1-14H. The Bertz CT molecular complexity index is 909. The Morgan fingerprint density at radius 2 is 1.13 bits per heavy atom. The molecule has 0 amide bonds. The van der Waals surface area contributed by atoms with Gasteiger partial charge in [0.05, 0.1) is 0 Å². The second kappa shape index (κ2) is 4.96. The van der Waals surface area contributed by atoms with E-state index in [0.29, 0.717) is 22.4 Å². The zero-order valence-electron chi connectivity index (χ0n) is 12.2. The maximum Gasteiger partial charge on any atom is 0.328 e. The van der Waals surface area contributed by atoms with Crippen LogP contribution in [0, 0.1) is 0 Å². The van der Waals surface area contributed by atoms with Crippen LogP contribution in [0.3, 0.4) is 0 Å². The van der Waals surface area contributed by atoms with E-state index in [9.17, 15) is 8.42 Å². The predicted molar refractivity (Wildman–Crippen MR) is 88.8 cm³/mol. The fraction of sp³-hybridized carbons (Fsp3) is 0.0526. The Morgan fingerprint density at radius 3 is 1.70 bits per heavy atom. The highest BCUT2D eigenvalue weighted by Gasteiger charge is 2.56. The number of benzene rings is 3. The van der Waals surface area contributed by atoms with Gasteiger partial charge >= 0.3 is 10.1 Å². The molecule has 4 heteroatoms. The van der Waals surface area contributed by atoms with Crippen molar-refractivity contribution in [2.24, 2.45) is 0 Å². The summed E-state index contributed by atoms with van der Waals surface area (Å²) in [5.74, 6) is 0.389. The Labute approximate surface area is 135 Å². The van der Waals surface area contributed by atoms with Crippen LogP contribution in [0.15, 0.2) is 84.9 Å². The van der Waals surface area contributed by atoms with Gasteiger partial charge in [0.25, 0.3) is 0 Å². The van der Waals surface area contributed by atoms with Gasteiger partial charge in [0.15, 0.2) is 4.75 Å². The van der Waals surface area contributed by atoms with E-state index < -0.39 is 14.9 Å². The van der Waals surface area contributed by atoms with Crippen molar-refractivity contribution in [3.63, 3.8) is 0 Å². The largest absolute Gasteiger partial charge is 0.381 e. The van der Waals surface area contributed by atoms with E-state index in [1.165, 1.54) is 0 Å². The number of hydrogen-bond donors (Lipinski definition) is 0. The van der Waals surface area contributed by atoms with Crippen molar-refractivity contribution in [2.45, 2.75) is 4.75 Å². The maximum atomic E-state index is 13.1. The van der Waals surface area contributed by atoms with Crippen LogP contribution in [-0.4, -0.2) is 8.42 Å². The van der Waals surface area contributed by atoms with Crippen LogP contribution in [0.1, 0.15) is 16.7 Å². The van der Waals surface area contributed by atoms with E-state index in [1.807, 2.05) is 72.8 Å². The van der Waals surface area contributed by atoms with Crippen LogP contribution in [0.25, 0.3) is 0 Å². The highest BCUT2D eigenvalue weighted by atomic mass is 32.2. The van der Waals surface area contributed by atoms with Gasteiger partial charge in [0.2, 0.25) is 0 Å². The molecule has 0 atom stereocenters. The molecule has 4 rings (SSSR count). The molecule has 0 saturated carbocycles. The molecule has 0 unspecified atom stereocenters. The van der Waals surface area contributed by atoms with Crippen molar-refractivity contribution >= 4 is 10.1 Å². The third-order valence-corrected chi connectivity index (χ3v) is 6.04. The monoisotopic (exact) mass is 322 g/mol. The highest BCUT2D eigenvalue weighted by Crippen LogP contribution is 2.52. The van der Waals surface area contributed by atoms with E-state index in [4.69, 9.17) is 4.18 Å². The van der Waals surface area contributed by atoms with Crippen molar-refractivity contribution in [3.8, 4) is 5.75 Å². The molecule has 0 spiro atoms. The van der Waals surface area contributed by atoms with Crippen molar-refractivity contribution < 1.29 is 12.6 Å². The van der Waals surface area contributed by atoms with Crippen LogP contribution in [0.4, 0.5) is 0 Å². The molecule has 114 valence electrons. The smallest absolute Gasteiger partial charge is 0.328 e. The molecule has 23 heavy (non-hydrogen) atoms. The third kappa shape index (κ3) is 1.85. The molecule has 1 heterocycles. The molecule has 3 aromatic carbocycles. The van der Waals surface area contributed by atoms with Crippen LogP contribution < -0.4 is 4.18 Å². The van der Waals surface area contributed by atoms with Crippen molar-refractivity contribution in [2.75, 3.05) is 0 Å². The molecule has 1 aliphatic rings. The first-order valence-corrected chi connectivity index (χ1v) is 8.72. The van der Waals surface area contributed by atoms with Crippen LogP contribution in [0.2, 0.25) is 0 Å². The zero-order chi connectivity index (χ0) is 15.9. The Morgan fingerprint density at radius 1 is 0.652 bits per heavy atom. The lowest BCUT2D eigenvalue weighted by Gasteiger charge is -2.27. The summed E-state index contributed by atoms with van der Waals surface area (Å²) in [7, 11) is -3.91. The van der Waals surface area contributed by atoms with E-state index >= 15 is 0 Å². The minimum Gasteiger partial charge on any atom is -0.381 e. The summed E-state index contributed by atoms with van der Waals surface area (Å²) >= 11 is 0. The SMILES string of the molecule is O=S1(=O)Oc2ccccc2C1(c1ccccc1)c1ccccc1. The Kier molecular flexibility index (Phi) is 3.03. The van der Waals surface area contributed by atoms with Gasteiger partial charge < -0.3 is 4.18 Å². The molecule has 0 N–H and O–H groups in total. The van der Waals surface area contributed by atoms with Crippen molar-refractivity contribution in [1.82, 2.24) is 0 Å². The fourth-order valence-electron chi connectivity index (χ4n) is 3.26. The molecule has 0 saturated heterocycles. The van der Waals surface area contributed by atoms with Gasteiger partial charge in [-0.3, -0.25) is 0 Å². The van der Waals surface area contributed by atoms with Gasteiger partial charge in [-0.05, 0) is 17.2 Å². The summed E-state index contributed by atoms with van der Waals surface area (Å²) < 4.78 is 30.3. The molecule has 0 aliphatic carbocycles. The zero-order valence-corrected chi connectivity index (χ0v) is 13.0. The van der Waals surface area contributed by atoms with Gasteiger partial charge in [-0.25, -0.2) is 0 Å².